The van der Waals surface area contributed by atoms with E-state index in [1.807, 2.05) is 0 Å². The number of fused-ring (bicyclic) bond motifs is 1. The number of hydrogen-bond acceptors (Lipinski definition) is 3. The van der Waals surface area contributed by atoms with E-state index in [9.17, 15) is 14.0 Å². The van der Waals surface area contributed by atoms with E-state index in [1.165, 1.54) is 12.1 Å². The first kappa shape index (κ1) is 13.3. The summed E-state index contributed by atoms with van der Waals surface area (Å²) in [4.78, 5) is 24.2. The predicted molar refractivity (Wildman–Crippen MR) is 76.7 cm³/mol. The Kier molecular flexibility index (Phi) is 3.17. The molecule has 0 aromatic heterocycles. The third kappa shape index (κ3) is 2.38. The summed E-state index contributed by atoms with van der Waals surface area (Å²) >= 11 is 0. The second kappa shape index (κ2) is 5.01. The molecular weight excluding hydrogens is 271 g/mol. The fourth-order valence-corrected chi connectivity index (χ4v) is 2.45. The van der Waals surface area contributed by atoms with Crippen molar-refractivity contribution in [2.75, 3.05) is 12.3 Å². The van der Waals surface area contributed by atoms with Gasteiger partial charge in [0.15, 0.2) is 5.78 Å². The summed E-state index contributed by atoms with van der Waals surface area (Å²) in [6.07, 6.45) is 0.744. The van der Waals surface area contributed by atoms with E-state index in [2.05, 4.69) is 5.32 Å². The van der Waals surface area contributed by atoms with Crippen LogP contribution >= 0.6 is 0 Å². The van der Waals surface area contributed by atoms with Gasteiger partial charge in [-0.1, -0.05) is 12.1 Å². The SMILES string of the molecule is Nc1cc(F)ccc1C(=O)c1ccc2c(c1)C(=O)NCC2. The zero-order chi connectivity index (χ0) is 15.0. The summed E-state index contributed by atoms with van der Waals surface area (Å²) in [6, 6.07) is 8.66. The maximum atomic E-state index is 13.0. The topological polar surface area (TPSA) is 72.2 Å². The second-order valence-electron chi connectivity index (χ2n) is 4.94. The third-order valence-corrected chi connectivity index (χ3v) is 3.55. The Morgan fingerprint density at radius 2 is 2.00 bits per heavy atom. The Hall–Kier alpha value is -2.69. The summed E-state index contributed by atoms with van der Waals surface area (Å²) < 4.78 is 13.0. The van der Waals surface area contributed by atoms with Gasteiger partial charge in [-0.15, -0.1) is 0 Å². The van der Waals surface area contributed by atoms with Crippen LogP contribution in [0.1, 0.15) is 31.8 Å². The van der Waals surface area contributed by atoms with Gasteiger partial charge in [-0.05, 0) is 36.2 Å². The summed E-state index contributed by atoms with van der Waals surface area (Å²) in [6.45, 7) is 0.601. The lowest BCUT2D eigenvalue weighted by molar-refractivity contribution is 0.0946. The highest BCUT2D eigenvalue weighted by atomic mass is 19.1. The van der Waals surface area contributed by atoms with Crippen LogP contribution in [0.4, 0.5) is 10.1 Å². The van der Waals surface area contributed by atoms with Crippen LogP contribution in [0, 0.1) is 5.82 Å². The maximum Gasteiger partial charge on any atom is 0.251 e. The molecule has 3 rings (SSSR count). The highest BCUT2D eigenvalue weighted by Crippen LogP contribution is 2.21. The largest absolute Gasteiger partial charge is 0.398 e. The zero-order valence-electron chi connectivity index (χ0n) is 11.2. The van der Waals surface area contributed by atoms with Crippen LogP contribution in [0.2, 0.25) is 0 Å². The zero-order valence-corrected chi connectivity index (χ0v) is 11.2. The normalized spacial score (nSPS) is 13.5. The molecule has 2 aromatic rings. The van der Waals surface area contributed by atoms with E-state index in [0.717, 1.165) is 18.1 Å². The minimum atomic E-state index is -0.492. The average molecular weight is 284 g/mol. The molecular formula is C16H13FN2O2. The van der Waals surface area contributed by atoms with Crippen molar-refractivity contribution in [2.45, 2.75) is 6.42 Å². The van der Waals surface area contributed by atoms with Crippen LogP contribution in [0.25, 0.3) is 0 Å². The molecule has 0 unspecified atom stereocenters. The highest BCUT2D eigenvalue weighted by Gasteiger charge is 2.20. The van der Waals surface area contributed by atoms with Gasteiger partial charge in [0, 0.05) is 28.9 Å². The Balaban J connectivity index is 2.02. The molecule has 21 heavy (non-hydrogen) atoms. The fraction of sp³-hybridized carbons (Fsp3) is 0.125. The van der Waals surface area contributed by atoms with Crippen LogP contribution in [0.15, 0.2) is 36.4 Å². The molecule has 0 atom stereocenters. The smallest absolute Gasteiger partial charge is 0.251 e. The molecule has 106 valence electrons. The van der Waals surface area contributed by atoms with Gasteiger partial charge >= 0.3 is 0 Å². The Morgan fingerprint density at radius 1 is 1.19 bits per heavy atom. The molecule has 5 heteroatoms. The first-order chi connectivity index (χ1) is 10.1. The monoisotopic (exact) mass is 284 g/mol. The van der Waals surface area contributed by atoms with E-state index >= 15 is 0 Å². The number of nitrogens with two attached hydrogens (primary N) is 1. The number of rotatable bonds is 2. The van der Waals surface area contributed by atoms with Crippen LogP contribution in [-0.2, 0) is 6.42 Å². The number of ketones is 1. The summed E-state index contributed by atoms with van der Waals surface area (Å²) in [5.41, 5.74) is 7.79. The van der Waals surface area contributed by atoms with Gasteiger partial charge < -0.3 is 11.1 Å². The molecule has 1 aliphatic heterocycles. The Labute approximate surface area is 120 Å². The number of carbonyl (C=O) groups excluding carboxylic acids is 2. The lowest BCUT2D eigenvalue weighted by Crippen LogP contribution is -2.32. The molecule has 0 spiro atoms. The number of halogens is 1. The van der Waals surface area contributed by atoms with Gasteiger partial charge in [-0.3, -0.25) is 9.59 Å². The minimum absolute atomic E-state index is 0.0853. The average Bonchev–Trinajstić information content (AvgIpc) is 2.47. The van der Waals surface area contributed by atoms with E-state index in [4.69, 9.17) is 5.73 Å². The summed E-state index contributed by atoms with van der Waals surface area (Å²) in [5.74, 6) is -1.000. The molecule has 0 aliphatic carbocycles. The number of benzene rings is 2. The van der Waals surface area contributed by atoms with Crippen LogP contribution in [0.5, 0.6) is 0 Å². The van der Waals surface area contributed by atoms with Gasteiger partial charge in [0.2, 0.25) is 0 Å². The van der Waals surface area contributed by atoms with Crippen molar-refractivity contribution in [3.05, 3.63) is 64.5 Å². The number of anilines is 1. The summed E-state index contributed by atoms with van der Waals surface area (Å²) in [5, 5.41) is 2.74. The number of nitrogen functional groups attached to an aromatic ring is 1. The Bertz CT molecular complexity index is 756. The van der Waals surface area contributed by atoms with Crippen LogP contribution < -0.4 is 11.1 Å². The molecule has 3 N–H and O–H groups in total. The Morgan fingerprint density at radius 3 is 2.76 bits per heavy atom. The predicted octanol–water partition coefficient (Wildman–Crippen LogP) is 1.92. The lowest BCUT2D eigenvalue weighted by atomic mass is 9.94. The molecule has 1 amide bonds. The van der Waals surface area contributed by atoms with Crippen LogP contribution in [0.3, 0.4) is 0 Å². The lowest BCUT2D eigenvalue weighted by Gasteiger charge is -2.17. The van der Waals surface area contributed by atoms with Crippen LogP contribution in [-0.4, -0.2) is 18.2 Å². The van der Waals surface area contributed by atoms with Crippen molar-refractivity contribution in [3.8, 4) is 0 Å². The minimum Gasteiger partial charge on any atom is -0.398 e. The molecule has 0 radical (unpaired) electrons. The summed E-state index contributed by atoms with van der Waals surface area (Å²) in [7, 11) is 0. The van der Waals surface area contributed by atoms with Crippen molar-refractivity contribution < 1.29 is 14.0 Å². The molecule has 2 aromatic carbocycles. The number of amides is 1. The molecule has 1 heterocycles. The van der Waals surface area contributed by atoms with E-state index < -0.39 is 5.82 Å². The van der Waals surface area contributed by atoms with E-state index in [-0.39, 0.29) is 22.9 Å². The molecule has 0 bridgehead atoms. The maximum absolute atomic E-state index is 13.0. The van der Waals surface area contributed by atoms with Gasteiger partial charge in [0.1, 0.15) is 5.82 Å². The number of carbonyl (C=O) groups is 2. The molecule has 1 aliphatic rings. The molecule has 0 saturated heterocycles. The van der Waals surface area contributed by atoms with Gasteiger partial charge in [-0.2, -0.15) is 0 Å². The van der Waals surface area contributed by atoms with Crippen molar-refractivity contribution in [3.63, 3.8) is 0 Å². The third-order valence-electron chi connectivity index (χ3n) is 3.55. The first-order valence-electron chi connectivity index (χ1n) is 6.57. The highest BCUT2D eigenvalue weighted by molar-refractivity contribution is 6.13. The van der Waals surface area contributed by atoms with Crippen molar-refractivity contribution >= 4 is 17.4 Å². The number of nitrogens with one attached hydrogen (secondary N) is 1. The molecule has 0 saturated carbocycles. The van der Waals surface area contributed by atoms with Crippen molar-refractivity contribution in [1.82, 2.24) is 5.32 Å². The van der Waals surface area contributed by atoms with E-state index in [0.29, 0.717) is 17.7 Å². The molecule has 4 nitrogen and oxygen atoms in total. The van der Waals surface area contributed by atoms with Crippen molar-refractivity contribution in [2.24, 2.45) is 0 Å². The molecule has 0 fully saturated rings. The van der Waals surface area contributed by atoms with Crippen molar-refractivity contribution in [1.29, 1.82) is 0 Å². The van der Waals surface area contributed by atoms with Gasteiger partial charge in [-0.25, -0.2) is 4.39 Å². The first-order valence-corrected chi connectivity index (χ1v) is 6.57. The standard InChI is InChI=1S/C16H13FN2O2/c17-11-3-4-12(14(18)8-11)15(20)10-2-1-9-5-6-19-16(21)13(9)7-10/h1-4,7-8H,5-6,18H2,(H,19,21). The quantitative estimate of drug-likeness (QED) is 0.653. The van der Waals surface area contributed by atoms with Gasteiger partial charge in [0.05, 0.1) is 0 Å². The number of hydrogen-bond donors (Lipinski definition) is 2. The fourth-order valence-electron chi connectivity index (χ4n) is 2.45. The van der Waals surface area contributed by atoms with Gasteiger partial charge in [0.25, 0.3) is 5.91 Å². The van der Waals surface area contributed by atoms with E-state index in [1.54, 1.807) is 18.2 Å². The second-order valence-corrected chi connectivity index (χ2v) is 4.94.